The fraction of sp³-hybridized carbons (Fsp3) is 0.111. The van der Waals surface area contributed by atoms with Gasteiger partial charge in [-0.3, -0.25) is 0 Å². The molecule has 0 unspecified atom stereocenters. The smallest absolute Gasteiger partial charge is 2.00 e. The molecule has 0 saturated heterocycles. The van der Waals surface area contributed by atoms with E-state index in [-0.39, 0.29) is 140 Å². The second kappa shape index (κ2) is 24.0. The van der Waals surface area contributed by atoms with Crippen LogP contribution in [-0.2, 0) is 39.8 Å². The zero-order chi connectivity index (χ0) is 14.8. The van der Waals surface area contributed by atoms with E-state index in [9.17, 15) is 10.2 Å². The SMILES string of the molecule is C=CCc1ccccc1O.C=CCc1ccccc1O.[Ca+2].[Ca+2].[Ca+2].[S-2].[S-2]. The summed E-state index contributed by atoms with van der Waals surface area (Å²) in [4.78, 5) is 0. The van der Waals surface area contributed by atoms with Crippen LogP contribution in [0, 0.1) is 0 Å². The van der Waals surface area contributed by atoms with Gasteiger partial charge in [-0.1, -0.05) is 48.6 Å². The fourth-order valence-corrected chi connectivity index (χ4v) is 1.68. The van der Waals surface area contributed by atoms with Crippen LogP contribution in [0.1, 0.15) is 11.1 Å². The molecule has 0 spiro atoms. The number of para-hydroxylation sites is 2. The topological polar surface area (TPSA) is 40.5 Å². The Balaban J connectivity index is -0.0000000889. The van der Waals surface area contributed by atoms with Gasteiger partial charge in [0, 0.05) is 0 Å². The molecule has 0 saturated carbocycles. The van der Waals surface area contributed by atoms with Gasteiger partial charge in [0.25, 0.3) is 0 Å². The van der Waals surface area contributed by atoms with E-state index in [1.807, 2.05) is 36.4 Å². The molecule has 25 heavy (non-hydrogen) atoms. The number of rotatable bonds is 4. The summed E-state index contributed by atoms with van der Waals surface area (Å²) in [5.41, 5.74) is 1.86. The van der Waals surface area contributed by atoms with Crippen molar-refractivity contribution in [1.82, 2.24) is 0 Å². The van der Waals surface area contributed by atoms with Crippen molar-refractivity contribution in [3.63, 3.8) is 0 Å². The van der Waals surface area contributed by atoms with Crippen molar-refractivity contribution in [3.05, 3.63) is 85.0 Å². The van der Waals surface area contributed by atoms with E-state index in [0.29, 0.717) is 11.5 Å². The van der Waals surface area contributed by atoms with E-state index < -0.39 is 0 Å². The quantitative estimate of drug-likeness (QED) is 0.553. The Morgan fingerprint density at radius 1 is 0.640 bits per heavy atom. The molecule has 0 aliphatic carbocycles. The van der Waals surface area contributed by atoms with Gasteiger partial charge < -0.3 is 37.2 Å². The monoisotopic (exact) mass is 452 g/mol. The molecule has 0 heterocycles. The van der Waals surface area contributed by atoms with Gasteiger partial charge in [0.2, 0.25) is 0 Å². The van der Waals surface area contributed by atoms with E-state index in [0.717, 1.165) is 24.0 Å². The molecule has 120 valence electrons. The van der Waals surface area contributed by atoms with Gasteiger partial charge >= 0.3 is 113 Å². The molecule has 0 aliphatic rings. The third-order valence-corrected chi connectivity index (χ3v) is 2.71. The van der Waals surface area contributed by atoms with Crippen molar-refractivity contribution in [1.29, 1.82) is 0 Å². The normalized spacial score (nSPS) is 7.36. The van der Waals surface area contributed by atoms with Crippen molar-refractivity contribution in [2.45, 2.75) is 12.8 Å². The van der Waals surface area contributed by atoms with Gasteiger partial charge in [0.15, 0.2) is 0 Å². The minimum atomic E-state index is 0. The Morgan fingerprint density at radius 3 is 1.16 bits per heavy atom. The third kappa shape index (κ3) is 16.6. The summed E-state index contributed by atoms with van der Waals surface area (Å²) >= 11 is 0. The number of benzene rings is 2. The van der Waals surface area contributed by atoms with Crippen molar-refractivity contribution in [2.75, 3.05) is 0 Å². The summed E-state index contributed by atoms with van der Waals surface area (Å²) in [5.74, 6) is 0.699. The summed E-state index contributed by atoms with van der Waals surface area (Å²) < 4.78 is 0. The van der Waals surface area contributed by atoms with Crippen LogP contribution < -0.4 is 0 Å². The molecule has 0 atom stereocenters. The first-order valence-corrected chi connectivity index (χ1v) is 6.44. The maximum atomic E-state index is 9.19. The second-order valence-electron chi connectivity index (χ2n) is 4.24. The molecular formula is C18H20Ca3O2S2+2. The van der Waals surface area contributed by atoms with E-state index in [4.69, 9.17) is 0 Å². The molecule has 0 radical (unpaired) electrons. The van der Waals surface area contributed by atoms with Gasteiger partial charge in [0.1, 0.15) is 11.5 Å². The maximum absolute atomic E-state index is 9.19. The van der Waals surface area contributed by atoms with Crippen LogP contribution in [0.25, 0.3) is 0 Å². The van der Waals surface area contributed by atoms with E-state index in [2.05, 4.69) is 13.2 Å². The molecule has 0 aromatic heterocycles. The van der Waals surface area contributed by atoms with Crippen LogP contribution >= 0.6 is 0 Å². The molecule has 7 heteroatoms. The standard InChI is InChI=1S/2C9H10O.3Ca.2S/c2*1-2-5-8-6-3-4-7-9(8)10;;;;;/h2*2-4,6-7,10H,1,5H2;;;;;/q;;3*+2;2*-2. The minimum absolute atomic E-state index is 0. The fourth-order valence-electron chi connectivity index (χ4n) is 1.68. The predicted molar refractivity (Wildman–Crippen MR) is 116 cm³/mol. The molecule has 2 aromatic rings. The first-order valence-electron chi connectivity index (χ1n) is 6.44. The number of aromatic hydroxyl groups is 2. The van der Waals surface area contributed by atoms with Crippen molar-refractivity contribution in [2.24, 2.45) is 0 Å². The first-order chi connectivity index (χ1) is 9.69. The summed E-state index contributed by atoms with van der Waals surface area (Å²) in [6.07, 6.45) is 5.00. The van der Waals surface area contributed by atoms with Crippen LogP contribution in [0.2, 0.25) is 0 Å². The van der Waals surface area contributed by atoms with Crippen LogP contribution in [0.3, 0.4) is 0 Å². The van der Waals surface area contributed by atoms with E-state index >= 15 is 0 Å². The molecule has 2 aromatic carbocycles. The number of allylic oxidation sites excluding steroid dienone is 2. The van der Waals surface area contributed by atoms with Crippen molar-refractivity contribution < 1.29 is 10.2 Å². The average Bonchev–Trinajstić information content (AvgIpc) is 2.45. The summed E-state index contributed by atoms with van der Waals surface area (Å²) in [7, 11) is 0. The number of hydrogen-bond donors (Lipinski definition) is 2. The van der Waals surface area contributed by atoms with Crippen LogP contribution in [0.4, 0.5) is 0 Å². The molecule has 2 N–H and O–H groups in total. The van der Waals surface area contributed by atoms with Gasteiger partial charge in [-0.2, -0.15) is 0 Å². The maximum Gasteiger partial charge on any atom is 2.00 e. The van der Waals surface area contributed by atoms with Crippen molar-refractivity contribution in [3.8, 4) is 11.5 Å². The van der Waals surface area contributed by atoms with Gasteiger partial charge in [-0.25, -0.2) is 0 Å². The van der Waals surface area contributed by atoms with Crippen LogP contribution in [0.15, 0.2) is 73.8 Å². The average molecular weight is 453 g/mol. The van der Waals surface area contributed by atoms with Gasteiger partial charge in [-0.05, 0) is 36.1 Å². The predicted octanol–water partition coefficient (Wildman–Crippen LogP) is 3.09. The Labute approximate surface area is 255 Å². The Hall–Kier alpha value is 2.00. The third-order valence-electron chi connectivity index (χ3n) is 2.71. The number of hydrogen-bond acceptors (Lipinski definition) is 2. The van der Waals surface area contributed by atoms with E-state index in [1.54, 1.807) is 24.3 Å². The van der Waals surface area contributed by atoms with Crippen LogP contribution in [0.5, 0.6) is 11.5 Å². The van der Waals surface area contributed by atoms with Crippen molar-refractivity contribution >= 4 is 140 Å². The van der Waals surface area contributed by atoms with Crippen LogP contribution in [-0.4, -0.2) is 123 Å². The Morgan fingerprint density at radius 2 is 0.920 bits per heavy atom. The molecule has 2 nitrogen and oxygen atoms in total. The largest absolute Gasteiger partial charge is 2.00 e. The van der Waals surface area contributed by atoms with Gasteiger partial charge in [0.05, 0.1) is 0 Å². The summed E-state index contributed by atoms with van der Waals surface area (Å²) in [6.45, 7) is 7.17. The zero-order valence-corrected chi connectivity index (χ0v) is 22.7. The molecular weight excluding hydrogens is 433 g/mol. The van der Waals surface area contributed by atoms with E-state index in [1.165, 1.54) is 0 Å². The van der Waals surface area contributed by atoms with Gasteiger partial charge in [-0.15, -0.1) is 13.2 Å². The number of phenolic OH excluding ortho intramolecular Hbond substituents is 2. The second-order valence-corrected chi connectivity index (χ2v) is 4.24. The summed E-state index contributed by atoms with van der Waals surface area (Å²) in [6, 6.07) is 14.5. The molecule has 0 amide bonds. The Bertz CT molecular complexity index is 530. The minimum Gasteiger partial charge on any atom is -2.00 e. The molecule has 0 fully saturated rings. The molecule has 0 bridgehead atoms. The zero-order valence-electron chi connectivity index (χ0n) is 14.4. The summed E-state index contributed by atoms with van der Waals surface area (Å²) in [5, 5.41) is 18.4. The molecule has 2 rings (SSSR count). The first kappa shape index (κ1) is 37.7. The number of phenols is 2. The molecule has 0 aliphatic heterocycles. The Kier molecular flexibility index (Phi) is 36.3.